The second-order valence-electron chi connectivity index (χ2n) is 4.16. The van der Waals surface area contributed by atoms with Crippen LogP contribution in [-0.2, 0) is 6.42 Å². The third-order valence-corrected chi connectivity index (χ3v) is 2.75. The third-order valence-electron chi connectivity index (χ3n) is 2.75. The Kier molecular flexibility index (Phi) is 4.13. The van der Waals surface area contributed by atoms with E-state index < -0.39 is 17.9 Å². The fourth-order valence-electron chi connectivity index (χ4n) is 1.91. The van der Waals surface area contributed by atoms with E-state index in [0.717, 1.165) is 6.07 Å². The zero-order valence-electron chi connectivity index (χ0n) is 10.6. The number of rotatable bonds is 3. The minimum atomic E-state index is -4.86. The van der Waals surface area contributed by atoms with E-state index in [9.17, 15) is 17.6 Å². The summed E-state index contributed by atoms with van der Waals surface area (Å²) in [5.41, 5.74) is 0.0616. The number of ether oxygens (including phenoxy) is 1. The molecule has 0 aliphatic rings. The molecule has 0 aliphatic heterocycles. The first-order valence-corrected chi connectivity index (χ1v) is 5.92. The highest BCUT2D eigenvalue weighted by atomic mass is 19.4. The van der Waals surface area contributed by atoms with Crippen molar-refractivity contribution in [3.63, 3.8) is 0 Å². The van der Waals surface area contributed by atoms with Crippen molar-refractivity contribution < 1.29 is 22.3 Å². The van der Waals surface area contributed by atoms with Crippen LogP contribution in [0.4, 0.5) is 17.6 Å². The lowest BCUT2D eigenvalue weighted by Crippen LogP contribution is -2.17. The van der Waals surface area contributed by atoms with Crippen LogP contribution in [0.5, 0.6) is 5.75 Å². The van der Waals surface area contributed by atoms with E-state index in [0.29, 0.717) is 0 Å². The predicted molar refractivity (Wildman–Crippen MR) is 67.8 cm³/mol. The molecule has 2 aromatic carbocycles. The highest BCUT2D eigenvalue weighted by Gasteiger charge is 2.32. The Morgan fingerprint density at radius 2 is 1.67 bits per heavy atom. The number of halogens is 4. The molecule has 108 valence electrons. The summed E-state index contributed by atoms with van der Waals surface area (Å²) in [5.74, 6) is -1.21. The fraction of sp³-hybridized carbons (Fsp3) is 0.133. The van der Waals surface area contributed by atoms with Gasteiger partial charge in [-0.05, 0) is 6.07 Å². The number of hydrogen-bond donors (Lipinski definition) is 0. The average molecular weight is 295 g/mol. The smallest absolute Gasteiger partial charge is 0.405 e. The normalized spacial score (nSPS) is 11.0. The van der Waals surface area contributed by atoms with Crippen molar-refractivity contribution in [2.45, 2.75) is 12.8 Å². The molecule has 21 heavy (non-hydrogen) atoms. The maximum atomic E-state index is 14.3. The van der Waals surface area contributed by atoms with Gasteiger partial charge in [0.25, 0.3) is 0 Å². The van der Waals surface area contributed by atoms with Crippen LogP contribution in [0, 0.1) is 17.1 Å². The van der Waals surface area contributed by atoms with Crippen LogP contribution in [0.1, 0.15) is 5.56 Å². The number of para-hydroxylation sites is 1. The Bertz CT molecular complexity index is 689. The maximum absolute atomic E-state index is 14.3. The zero-order chi connectivity index (χ0) is 15.5. The van der Waals surface area contributed by atoms with Gasteiger partial charge < -0.3 is 4.74 Å². The Morgan fingerprint density at radius 3 is 2.33 bits per heavy atom. The summed E-state index contributed by atoms with van der Waals surface area (Å²) in [6.45, 7) is 0. The van der Waals surface area contributed by atoms with E-state index in [1.165, 1.54) is 36.4 Å². The van der Waals surface area contributed by atoms with E-state index >= 15 is 0 Å². The lowest BCUT2D eigenvalue weighted by atomic mass is 10.00. The Labute approximate surface area is 118 Å². The van der Waals surface area contributed by atoms with Crippen LogP contribution in [-0.4, -0.2) is 6.36 Å². The van der Waals surface area contributed by atoms with Crippen LogP contribution < -0.4 is 4.74 Å². The van der Waals surface area contributed by atoms with Gasteiger partial charge in [0.05, 0.1) is 12.5 Å². The summed E-state index contributed by atoms with van der Waals surface area (Å²) in [6, 6.07) is 11.3. The summed E-state index contributed by atoms with van der Waals surface area (Å²) in [7, 11) is 0. The molecule has 0 saturated heterocycles. The molecule has 0 unspecified atom stereocenters. The van der Waals surface area contributed by atoms with Crippen molar-refractivity contribution in [3.05, 3.63) is 53.8 Å². The minimum Gasteiger partial charge on any atom is -0.405 e. The molecule has 0 spiro atoms. The highest BCUT2D eigenvalue weighted by Crippen LogP contribution is 2.35. The molecule has 0 saturated carbocycles. The quantitative estimate of drug-likeness (QED) is 0.783. The lowest BCUT2D eigenvalue weighted by molar-refractivity contribution is -0.274. The van der Waals surface area contributed by atoms with Gasteiger partial charge in [-0.25, -0.2) is 4.39 Å². The second-order valence-corrected chi connectivity index (χ2v) is 4.16. The zero-order valence-corrected chi connectivity index (χ0v) is 10.6. The largest absolute Gasteiger partial charge is 0.573 e. The molecular weight excluding hydrogens is 286 g/mol. The van der Waals surface area contributed by atoms with Crippen LogP contribution in [0.3, 0.4) is 0 Å². The van der Waals surface area contributed by atoms with Crippen LogP contribution in [0.15, 0.2) is 42.5 Å². The molecule has 6 heteroatoms. The molecule has 2 aromatic rings. The van der Waals surface area contributed by atoms with Gasteiger partial charge in [0.2, 0.25) is 0 Å². The molecule has 0 N–H and O–H groups in total. The van der Waals surface area contributed by atoms with Gasteiger partial charge >= 0.3 is 6.36 Å². The van der Waals surface area contributed by atoms with Crippen molar-refractivity contribution in [2.75, 3.05) is 0 Å². The summed E-state index contributed by atoms with van der Waals surface area (Å²) in [5, 5.41) is 8.62. The lowest BCUT2D eigenvalue weighted by Gasteiger charge is -2.14. The van der Waals surface area contributed by atoms with Gasteiger partial charge in [-0.15, -0.1) is 13.2 Å². The molecular formula is C15H9F4NO. The number of alkyl halides is 3. The van der Waals surface area contributed by atoms with Crippen molar-refractivity contribution in [3.8, 4) is 22.9 Å². The number of benzene rings is 2. The molecule has 0 amide bonds. The topological polar surface area (TPSA) is 33.0 Å². The van der Waals surface area contributed by atoms with Crippen molar-refractivity contribution >= 4 is 0 Å². The monoisotopic (exact) mass is 295 g/mol. The van der Waals surface area contributed by atoms with Crippen molar-refractivity contribution in [1.82, 2.24) is 0 Å². The first-order chi connectivity index (χ1) is 9.92. The van der Waals surface area contributed by atoms with Gasteiger partial charge in [0.15, 0.2) is 0 Å². The molecule has 0 aromatic heterocycles. The first-order valence-electron chi connectivity index (χ1n) is 5.92. The van der Waals surface area contributed by atoms with Gasteiger partial charge in [-0.2, -0.15) is 5.26 Å². The van der Waals surface area contributed by atoms with Crippen LogP contribution in [0.2, 0.25) is 0 Å². The summed E-state index contributed by atoms with van der Waals surface area (Å²) >= 11 is 0. The minimum absolute atomic E-state index is 0.0212. The second kappa shape index (κ2) is 5.83. The van der Waals surface area contributed by atoms with E-state index in [-0.39, 0.29) is 23.1 Å². The van der Waals surface area contributed by atoms with Gasteiger partial charge in [-0.1, -0.05) is 36.4 Å². The summed E-state index contributed by atoms with van der Waals surface area (Å²) in [6.07, 6.45) is -5.03. The molecule has 0 bridgehead atoms. The predicted octanol–water partition coefficient (Wildman–Crippen LogP) is 4.46. The van der Waals surface area contributed by atoms with Gasteiger partial charge in [0, 0.05) is 16.7 Å². The molecule has 2 nitrogen and oxygen atoms in total. The molecule has 0 aliphatic carbocycles. The Balaban J connectivity index is 2.53. The Hall–Kier alpha value is -2.55. The highest BCUT2D eigenvalue weighted by molar-refractivity contribution is 5.71. The maximum Gasteiger partial charge on any atom is 0.573 e. The molecule has 0 radical (unpaired) electrons. The van der Waals surface area contributed by atoms with Crippen molar-refractivity contribution in [2.24, 2.45) is 0 Å². The van der Waals surface area contributed by atoms with E-state index in [1.807, 2.05) is 0 Å². The molecule has 0 heterocycles. The summed E-state index contributed by atoms with van der Waals surface area (Å²) in [4.78, 5) is 0. The Morgan fingerprint density at radius 1 is 1.00 bits per heavy atom. The molecule has 0 atom stereocenters. The summed E-state index contributed by atoms with van der Waals surface area (Å²) < 4.78 is 55.3. The van der Waals surface area contributed by atoms with Gasteiger partial charge in [0.1, 0.15) is 11.6 Å². The first kappa shape index (κ1) is 14.9. The van der Waals surface area contributed by atoms with Crippen LogP contribution in [0.25, 0.3) is 11.1 Å². The van der Waals surface area contributed by atoms with Crippen LogP contribution >= 0.6 is 0 Å². The number of nitriles is 1. The van der Waals surface area contributed by atoms with E-state index in [4.69, 9.17) is 5.26 Å². The third kappa shape index (κ3) is 3.51. The van der Waals surface area contributed by atoms with Gasteiger partial charge in [-0.3, -0.25) is 0 Å². The van der Waals surface area contributed by atoms with E-state index in [2.05, 4.69) is 4.74 Å². The molecule has 2 rings (SSSR count). The number of hydrogen-bond acceptors (Lipinski definition) is 2. The van der Waals surface area contributed by atoms with Crippen molar-refractivity contribution in [1.29, 1.82) is 5.26 Å². The molecule has 0 fully saturated rings. The average Bonchev–Trinajstić information content (AvgIpc) is 2.41. The fourth-order valence-corrected chi connectivity index (χ4v) is 1.91. The van der Waals surface area contributed by atoms with E-state index in [1.54, 1.807) is 6.07 Å². The standard InChI is InChI=1S/C15H9F4NO/c16-14-10(8-9-20)4-3-6-12(14)11-5-1-2-7-13(11)21-15(17,18)19/h1-7H,8H2. The number of nitrogens with zero attached hydrogens (tertiary/aromatic N) is 1. The SMILES string of the molecule is N#CCc1cccc(-c2ccccc2OC(F)(F)F)c1F.